The summed E-state index contributed by atoms with van der Waals surface area (Å²) in [5, 5.41) is 8.99. The van der Waals surface area contributed by atoms with Crippen LogP contribution in [0.5, 0.6) is 5.75 Å². The Morgan fingerprint density at radius 3 is 2.14 bits per heavy atom. The van der Waals surface area contributed by atoms with Gasteiger partial charge in [0.15, 0.2) is 0 Å². The number of benzene rings is 4. The molecule has 0 heterocycles. The zero-order valence-corrected chi connectivity index (χ0v) is 23.4. The fourth-order valence-electron chi connectivity index (χ4n) is 4.78. The van der Waals surface area contributed by atoms with Crippen LogP contribution in [0.1, 0.15) is 35.1 Å². The van der Waals surface area contributed by atoms with Crippen LogP contribution in [0.4, 0.5) is 13.2 Å². The number of amides is 1. The number of nitrogens with zero attached hydrogens (tertiary/aromatic N) is 1. The first kappa shape index (κ1) is 30.4. The highest BCUT2D eigenvalue weighted by Crippen LogP contribution is 2.37. The summed E-state index contributed by atoms with van der Waals surface area (Å²) in [4.78, 5) is 25.5. The third kappa shape index (κ3) is 8.00. The van der Waals surface area contributed by atoms with Crippen molar-refractivity contribution < 1.29 is 32.6 Å². The number of carbonyl (C=O) groups excluding carboxylic acids is 1. The summed E-state index contributed by atoms with van der Waals surface area (Å²) >= 11 is 0. The van der Waals surface area contributed by atoms with Crippen LogP contribution >= 0.6 is 0 Å². The maximum atomic E-state index is 13.5. The molecule has 0 aliphatic carbocycles. The molecule has 42 heavy (non-hydrogen) atoms. The number of aryl methyl sites for hydroxylation is 2. The Bertz CT molecular complexity index is 1550. The highest BCUT2D eigenvalue weighted by molar-refractivity contribution is 5.84. The van der Waals surface area contributed by atoms with Gasteiger partial charge in [0.2, 0.25) is 5.91 Å². The first-order valence-corrected chi connectivity index (χ1v) is 13.5. The molecule has 0 fully saturated rings. The minimum Gasteiger partial charge on any atom is -0.497 e. The van der Waals surface area contributed by atoms with Gasteiger partial charge < -0.3 is 14.7 Å². The van der Waals surface area contributed by atoms with Crippen molar-refractivity contribution in [3.8, 4) is 28.0 Å². The Labute approximate surface area is 243 Å². The Balaban J connectivity index is 1.60. The third-order valence-electron chi connectivity index (χ3n) is 7.08. The molecule has 0 spiro atoms. The molecule has 0 unspecified atom stereocenters. The van der Waals surface area contributed by atoms with Gasteiger partial charge in [-0.3, -0.25) is 9.59 Å². The summed E-state index contributed by atoms with van der Waals surface area (Å²) in [7, 11) is 3.32. The topological polar surface area (TPSA) is 66.8 Å². The van der Waals surface area contributed by atoms with Crippen LogP contribution in [0.15, 0.2) is 91.0 Å². The molecule has 1 N–H and O–H groups in total. The van der Waals surface area contributed by atoms with Crippen LogP contribution in [0, 0.1) is 0 Å². The van der Waals surface area contributed by atoms with E-state index in [1.807, 2.05) is 60.7 Å². The molecule has 0 bridgehead atoms. The number of carboxylic acids is 1. The van der Waals surface area contributed by atoms with E-state index in [9.17, 15) is 22.8 Å². The van der Waals surface area contributed by atoms with Crippen molar-refractivity contribution in [1.29, 1.82) is 0 Å². The first-order chi connectivity index (χ1) is 20.0. The number of methoxy groups -OCH3 is 1. The van der Waals surface area contributed by atoms with Crippen molar-refractivity contribution in [3.05, 3.63) is 113 Å². The average molecular weight is 576 g/mol. The van der Waals surface area contributed by atoms with Crippen molar-refractivity contribution in [1.82, 2.24) is 4.90 Å². The van der Waals surface area contributed by atoms with Crippen LogP contribution < -0.4 is 4.74 Å². The largest absolute Gasteiger partial charge is 0.497 e. The Hall–Kier alpha value is -4.59. The number of ether oxygens (including phenoxy) is 1. The number of hydrogen-bond donors (Lipinski definition) is 1. The van der Waals surface area contributed by atoms with Crippen LogP contribution in [0.3, 0.4) is 0 Å². The van der Waals surface area contributed by atoms with Crippen LogP contribution in [-0.2, 0) is 35.2 Å². The van der Waals surface area contributed by atoms with Gasteiger partial charge in [-0.05, 0) is 82.1 Å². The standard InChI is InChI=1S/C34H32F3NO4/c1-38(32(39)17-12-24-5-3-8-29(19-24)42-2)22-25-11-16-30(27-6-4-7-28(21-27)34(35,36)37)31(20-25)26-14-9-23(10-15-26)13-18-33(40)41/h3-11,14-16,19-21H,12-13,17-18,22H2,1-2H3,(H,40,41). The molecular formula is C34H32F3NO4. The fourth-order valence-corrected chi connectivity index (χ4v) is 4.78. The summed E-state index contributed by atoms with van der Waals surface area (Å²) in [6, 6.07) is 25.6. The lowest BCUT2D eigenvalue weighted by molar-refractivity contribution is -0.138. The summed E-state index contributed by atoms with van der Waals surface area (Å²) in [6.45, 7) is 0.323. The van der Waals surface area contributed by atoms with Crippen molar-refractivity contribution in [2.45, 2.75) is 38.4 Å². The maximum absolute atomic E-state index is 13.5. The molecule has 5 nitrogen and oxygen atoms in total. The number of aliphatic carboxylic acids is 1. The van der Waals surface area contributed by atoms with Gasteiger partial charge in [0.25, 0.3) is 0 Å². The van der Waals surface area contributed by atoms with Crippen LogP contribution in [0.25, 0.3) is 22.3 Å². The normalized spacial score (nSPS) is 11.3. The van der Waals surface area contributed by atoms with Crippen molar-refractivity contribution in [2.24, 2.45) is 0 Å². The zero-order chi connectivity index (χ0) is 30.3. The second kappa shape index (κ2) is 13.4. The van der Waals surface area contributed by atoms with E-state index in [-0.39, 0.29) is 12.3 Å². The predicted octanol–water partition coefficient (Wildman–Crippen LogP) is 7.66. The molecule has 0 saturated heterocycles. The first-order valence-electron chi connectivity index (χ1n) is 13.5. The van der Waals surface area contributed by atoms with Gasteiger partial charge in [0, 0.05) is 26.4 Å². The van der Waals surface area contributed by atoms with Crippen molar-refractivity contribution >= 4 is 11.9 Å². The molecule has 8 heteroatoms. The van der Waals surface area contributed by atoms with E-state index >= 15 is 0 Å². The fraction of sp³-hybridized carbons (Fsp3) is 0.235. The Morgan fingerprint density at radius 1 is 0.762 bits per heavy atom. The smallest absolute Gasteiger partial charge is 0.416 e. The van der Waals surface area contributed by atoms with E-state index in [1.165, 1.54) is 6.07 Å². The van der Waals surface area contributed by atoms with E-state index in [2.05, 4.69) is 0 Å². The van der Waals surface area contributed by atoms with Gasteiger partial charge >= 0.3 is 12.1 Å². The minimum atomic E-state index is -4.48. The number of hydrogen-bond acceptors (Lipinski definition) is 3. The molecule has 0 aromatic heterocycles. The van der Waals surface area contributed by atoms with E-state index in [0.717, 1.165) is 40.1 Å². The molecule has 0 aliphatic heterocycles. The monoisotopic (exact) mass is 575 g/mol. The molecular weight excluding hydrogens is 543 g/mol. The third-order valence-corrected chi connectivity index (χ3v) is 7.08. The lowest BCUT2D eigenvalue weighted by Gasteiger charge is -2.20. The highest BCUT2D eigenvalue weighted by Gasteiger charge is 2.30. The maximum Gasteiger partial charge on any atom is 0.416 e. The number of rotatable bonds is 11. The number of halogens is 3. The van der Waals surface area contributed by atoms with Gasteiger partial charge in [0.05, 0.1) is 12.7 Å². The van der Waals surface area contributed by atoms with Gasteiger partial charge in [-0.2, -0.15) is 13.2 Å². The SMILES string of the molecule is COc1cccc(CCC(=O)N(C)Cc2ccc(-c3cccc(C(F)(F)F)c3)c(-c3ccc(CCC(=O)O)cc3)c2)c1. The highest BCUT2D eigenvalue weighted by atomic mass is 19.4. The molecule has 218 valence electrons. The zero-order valence-electron chi connectivity index (χ0n) is 23.4. The summed E-state index contributed by atoms with van der Waals surface area (Å²) in [6.07, 6.45) is -3.22. The van der Waals surface area contributed by atoms with Gasteiger partial charge in [-0.1, -0.05) is 60.7 Å². The summed E-state index contributed by atoms with van der Waals surface area (Å²) < 4.78 is 45.7. The van der Waals surface area contributed by atoms with E-state index in [1.54, 1.807) is 31.2 Å². The van der Waals surface area contributed by atoms with Crippen LogP contribution in [0.2, 0.25) is 0 Å². The Morgan fingerprint density at radius 2 is 1.45 bits per heavy atom. The predicted molar refractivity (Wildman–Crippen MR) is 156 cm³/mol. The molecule has 4 rings (SSSR count). The lowest BCUT2D eigenvalue weighted by atomic mass is 9.91. The quantitative estimate of drug-likeness (QED) is 0.199. The van der Waals surface area contributed by atoms with Gasteiger partial charge in [-0.15, -0.1) is 0 Å². The Kier molecular flexibility index (Phi) is 9.68. The van der Waals surface area contributed by atoms with E-state index in [4.69, 9.17) is 9.84 Å². The van der Waals surface area contributed by atoms with E-state index < -0.39 is 17.7 Å². The van der Waals surface area contributed by atoms with Gasteiger partial charge in [-0.25, -0.2) is 0 Å². The van der Waals surface area contributed by atoms with Crippen LogP contribution in [-0.4, -0.2) is 36.0 Å². The second-order valence-electron chi connectivity index (χ2n) is 10.2. The summed E-state index contributed by atoms with van der Waals surface area (Å²) in [5.74, 6) is -0.193. The average Bonchev–Trinajstić information content (AvgIpc) is 2.98. The van der Waals surface area contributed by atoms with Crippen molar-refractivity contribution in [2.75, 3.05) is 14.2 Å². The summed E-state index contributed by atoms with van der Waals surface area (Å²) in [5.41, 5.74) is 4.46. The number of carbonyl (C=O) groups is 2. The number of carboxylic acid groups (broad SMARTS) is 1. The molecule has 0 aliphatic rings. The second-order valence-corrected chi connectivity index (χ2v) is 10.2. The van der Waals surface area contributed by atoms with Gasteiger partial charge in [0.1, 0.15) is 5.75 Å². The molecule has 0 atom stereocenters. The lowest BCUT2D eigenvalue weighted by Crippen LogP contribution is -2.26. The van der Waals surface area contributed by atoms with Crippen molar-refractivity contribution in [3.63, 3.8) is 0 Å². The molecule has 0 radical (unpaired) electrons. The molecule has 0 saturated carbocycles. The molecule has 4 aromatic rings. The minimum absolute atomic E-state index is 0.00248. The molecule has 4 aromatic carbocycles. The van der Waals surface area contributed by atoms with E-state index in [0.29, 0.717) is 42.5 Å². The number of alkyl halides is 3. The molecule has 1 amide bonds.